The van der Waals surface area contributed by atoms with E-state index in [-0.39, 0.29) is 36.4 Å². The van der Waals surface area contributed by atoms with Crippen LogP contribution in [0.25, 0.3) is 0 Å². The molecule has 128 valence electrons. The zero-order chi connectivity index (χ0) is 15.8. The van der Waals surface area contributed by atoms with Crippen LogP contribution >= 0.6 is 35.6 Å². The first-order valence-corrected chi connectivity index (χ1v) is 8.03. The quantitative estimate of drug-likeness (QED) is 0.421. The summed E-state index contributed by atoms with van der Waals surface area (Å²) in [6.07, 6.45) is 3.44. The van der Waals surface area contributed by atoms with Crippen LogP contribution in [-0.2, 0) is 11.3 Å². The highest BCUT2D eigenvalue weighted by molar-refractivity contribution is 14.0. The van der Waals surface area contributed by atoms with E-state index in [1.807, 2.05) is 29.2 Å². The monoisotopic (exact) mass is 450 g/mol. The third-order valence-corrected chi connectivity index (χ3v) is 3.96. The number of amides is 1. The predicted octanol–water partition coefficient (Wildman–Crippen LogP) is 2.64. The third kappa shape index (κ3) is 6.95. The number of carbonyl (C=O) groups is 1. The van der Waals surface area contributed by atoms with Crippen LogP contribution in [0.2, 0.25) is 5.02 Å². The standard InChI is InChI=1S/C16H23ClN4O.HI/c1-18-16(19-11-13-5-7-14(17)8-6-13)20-12-15(22)21-9-3-2-4-10-21;/h5-8H,2-4,9-12H2,1H3,(H2,18,19,20);1H. The largest absolute Gasteiger partial charge is 0.352 e. The topological polar surface area (TPSA) is 56.7 Å². The molecule has 1 saturated heterocycles. The van der Waals surface area contributed by atoms with E-state index in [0.717, 1.165) is 36.5 Å². The molecule has 5 nitrogen and oxygen atoms in total. The number of hydrogen-bond donors (Lipinski definition) is 2. The minimum absolute atomic E-state index is 0. The molecule has 1 heterocycles. The highest BCUT2D eigenvalue weighted by atomic mass is 127. The van der Waals surface area contributed by atoms with Gasteiger partial charge in [-0.2, -0.15) is 0 Å². The molecule has 23 heavy (non-hydrogen) atoms. The van der Waals surface area contributed by atoms with Gasteiger partial charge in [-0.3, -0.25) is 9.79 Å². The summed E-state index contributed by atoms with van der Waals surface area (Å²) >= 11 is 5.86. The zero-order valence-electron chi connectivity index (χ0n) is 13.3. The highest BCUT2D eigenvalue weighted by Gasteiger charge is 2.16. The molecule has 1 aliphatic heterocycles. The van der Waals surface area contributed by atoms with Crippen LogP contribution in [0.15, 0.2) is 29.3 Å². The molecule has 2 N–H and O–H groups in total. The van der Waals surface area contributed by atoms with E-state index in [0.29, 0.717) is 12.5 Å². The zero-order valence-corrected chi connectivity index (χ0v) is 16.4. The summed E-state index contributed by atoms with van der Waals surface area (Å²) in [7, 11) is 1.70. The van der Waals surface area contributed by atoms with E-state index in [1.54, 1.807) is 7.05 Å². The number of halogens is 2. The lowest BCUT2D eigenvalue weighted by Crippen LogP contribution is -2.45. The van der Waals surface area contributed by atoms with Crippen LogP contribution in [0.5, 0.6) is 0 Å². The lowest BCUT2D eigenvalue weighted by molar-refractivity contribution is -0.130. The second-order valence-corrected chi connectivity index (χ2v) is 5.78. The van der Waals surface area contributed by atoms with Crippen molar-refractivity contribution in [3.63, 3.8) is 0 Å². The number of piperidine rings is 1. The Bertz CT molecular complexity index is 515. The molecule has 1 amide bonds. The maximum Gasteiger partial charge on any atom is 0.241 e. The number of guanidine groups is 1. The molecule has 0 spiro atoms. The number of likely N-dealkylation sites (tertiary alicyclic amines) is 1. The number of nitrogens with zero attached hydrogens (tertiary/aromatic N) is 2. The summed E-state index contributed by atoms with van der Waals surface area (Å²) < 4.78 is 0. The normalized spacial score (nSPS) is 14.9. The molecule has 1 fully saturated rings. The fourth-order valence-electron chi connectivity index (χ4n) is 2.42. The second-order valence-electron chi connectivity index (χ2n) is 5.35. The van der Waals surface area contributed by atoms with Crippen LogP contribution in [0.1, 0.15) is 24.8 Å². The van der Waals surface area contributed by atoms with Gasteiger partial charge in [0.25, 0.3) is 0 Å². The minimum atomic E-state index is 0. The van der Waals surface area contributed by atoms with Gasteiger partial charge in [-0.1, -0.05) is 23.7 Å². The van der Waals surface area contributed by atoms with Crippen molar-refractivity contribution >= 4 is 47.4 Å². The summed E-state index contributed by atoms with van der Waals surface area (Å²) in [6, 6.07) is 7.63. The smallest absolute Gasteiger partial charge is 0.241 e. The van der Waals surface area contributed by atoms with Gasteiger partial charge in [0.1, 0.15) is 0 Å². The van der Waals surface area contributed by atoms with E-state index in [4.69, 9.17) is 11.6 Å². The van der Waals surface area contributed by atoms with Crippen molar-refractivity contribution in [2.75, 3.05) is 26.7 Å². The van der Waals surface area contributed by atoms with Crippen molar-refractivity contribution in [3.05, 3.63) is 34.9 Å². The van der Waals surface area contributed by atoms with E-state index in [9.17, 15) is 4.79 Å². The van der Waals surface area contributed by atoms with Crippen molar-refractivity contribution in [1.82, 2.24) is 15.5 Å². The summed E-state index contributed by atoms with van der Waals surface area (Å²) in [5.41, 5.74) is 1.11. The Morgan fingerprint density at radius 1 is 1.17 bits per heavy atom. The molecule has 0 bridgehead atoms. The first-order chi connectivity index (χ1) is 10.7. The number of benzene rings is 1. The summed E-state index contributed by atoms with van der Waals surface area (Å²) in [5.74, 6) is 0.759. The molecule has 0 aliphatic carbocycles. The van der Waals surface area contributed by atoms with Gasteiger partial charge in [0, 0.05) is 31.7 Å². The maximum atomic E-state index is 12.1. The highest BCUT2D eigenvalue weighted by Crippen LogP contribution is 2.09. The molecule has 1 aliphatic rings. The van der Waals surface area contributed by atoms with Crippen LogP contribution in [0, 0.1) is 0 Å². The Kier molecular flexibility index (Phi) is 9.31. The molecular weight excluding hydrogens is 427 g/mol. The number of aliphatic imine (C=N–C) groups is 1. The molecule has 0 aromatic heterocycles. The molecular formula is C16H24ClIN4O. The van der Waals surface area contributed by atoms with Crippen molar-refractivity contribution < 1.29 is 4.79 Å². The Labute approximate surface area is 159 Å². The van der Waals surface area contributed by atoms with Gasteiger partial charge in [0.15, 0.2) is 5.96 Å². The van der Waals surface area contributed by atoms with Gasteiger partial charge in [0.2, 0.25) is 5.91 Å². The molecule has 0 atom stereocenters. The molecule has 1 aromatic rings. The summed E-state index contributed by atoms with van der Waals surface area (Å²) in [5, 5.41) is 6.98. The maximum absolute atomic E-state index is 12.1. The van der Waals surface area contributed by atoms with Crippen LogP contribution < -0.4 is 10.6 Å². The van der Waals surface area contributed by atoms with E-state index < -0.39 is 0 Å². The van der Waals surface area contributed by atoms with Gasteiger partial charge >= 0.3 is 0 Å². The van der Waals surface area contributed by atoms with Crippen LogP contribution in [-0.4, -0.2) is 43.4 Å². The predicted molar refractivity (Wildman–Crippen MR) is 105 cm³/mol. The number of hydrogen-bond acceptors (Lipinski definition) is 2. The Morgan fingerprint density at radius 3 is 2.43 bits per heavy atom. The number of rotatable bonds is 4. The van der Waals surface area contributed by atoms with Gasteiger partial charge in [-0.05, 0) is 37.0 Å². The molecule has 1 aromatic carbocycles. The Hall–Kier alpha value is -1.02. The lowest BCUT2D eigenvalue weighted by atomic mass is 10.1. The van der Waals surface area contributed by atoms with Crippen molar-refractivity contribution in [2.45, 2.75) is 25.8 Å². The first kappa shape index (κ1) is 20.0. The lowest BCUT2D eigenvalue weighted by Gasteiger charge is -2.27. The number of nitrogens with one attached hydrogen (secondary N) is 2. The number of carbonyl (C=O) groups excluding carboxylic acids is 1. The van der Waals surface area contributed by atoms with Crippen LogP contribution in [0.4, 0.5) is 0 Å². The van der Waals surface area contributed by atoms with Crippen molar-refractivity contribution in [2.24, 2.45) is 4.99 Å². The molecule has 2 rings (SSSR count). The molecule has 0 unspecified atom stereocenters. The first-order valence-electron chi connectivity index (χ1n) is 7.66. The second kappa shape index (κ2) is 10.7. The fourth-order valence-corrected chi connectivity index (χ4v) is 2.55. The van der Waals surface area contributed by atoms with Gasteiger partial charge in [-0.15, -0.1) is 24.0 Å². The van der Waals surface area contributed by atoms with Crippen LogP contribution in [0.3, 0.4) is 0 Å². The molecule has 0 radical (unpaired) electrons. The Morgan fingerprint density at radius 2 is 1.83 bits per heavy atom. The Balaban J connectivity index is 0.00000264. The summed E-state index contributed by atoms with van der Waals surface area (Å²) in [6.45, 7) is 2.66. The fraction of sp³-hybridized carbons (Fsp3) is 0.500. The average Bonchev–Trinajstić information content (AvgIpc) is 2.57. The van der Waals surface area contributed by atoms with E-state index in [1.165, 1.54) is 6.42 Å². The average molecular weight is 451 g/mol. The van der Waals surface area contributed by atoms with E-state index >= 15 is 0 Å². The van der Waals surface area contributed by atoms with E-state index in [2.05, 4.69) is 15.6 Å². The van der Waals surface area contributed by atoms with Gasteiger partial charge < -0.3 is 15.5 Å². The molecule has 0 saturated carbocycles. The SMILES string of the molecule is CN=C(NCC(=O)N1CCCCC1)NCc1ccc(Cl)cc1.I. The molecule has 7 heteroatoms. The van der Waals surface area contributed by atoms with Gasteiger partial charge in [-0.25, -0.2) is 0 Å². The van der Waals surface area contributed by atoms with Gasteiger partial charge in [0.05, 0.1) is 6.54 Å². The minimum Gasteiger partial charge on any atom is -0.352 e. The third-order valence-electron chi connectivity index (χ3n) is 3.71. The van der Waals surface area contributed by atoms with Crippen molar-refractivity contribution in [1.29, 1.82) is 0 Å². The summed E-state index contributed by atoms with van der Waals surface area (Å²) in [4.78, 5) is 18.2. The van der Waals surface area contributed by atoms with Crippen molar-refractivity contribution in [3.8, 4) is 0 Å².